The summed E-state index contributed by atoms with van der Waals surface area (Å²) in [6.07, 6.45) is 5.04. The quantitative estimate of drug-likeness (QED) is 0.551. The zero-order chi connectivity index (χ0) is 19.0. The van der Waals surface area contributed by atoms with Crippen molar-refractivity contribution in [2.45, 2.75) is 22.3 Å². The molecule has 0 saturated heterocycles. The lowest BCUT2D eigenvalue weighted by Crippen LogP contribution is -2.10. The van der Waals surface area contributed by atoms with Crippen molar-refractivity contribution < 1.29 is 8.95 Å². The second-order valence-corrected chi connectivity index (χ2v) is 8.91. The Kier molecular flexibility index (Phi) is 3.15. The minimum absolute atomic E-state index is 0.304. The highest BCUT2D eigenvalue weighted by atomic mass is 32.2. The van der Waals surface area contributed by atoms with Crippen molar-refractivity contribution in [3.05, 3.63) is 60.1 Å². The number of methoxy groups -OCH3 is 1. The van der Waals surface area contributed by atoms with Gasteiger partial charge >= 0.3 is 0 Å². The lowest BCUT2D eigenvalue weighted by Gasteiger charge is -2.11. The van der Waals surface area contributed by atoms with Crippen molar-refractivity contribution in [3.63, 3.8) is 0 Å². The van der Waals surface area contributed by atoms with E-state index in [-0.39, 0.29) is 0 Å². The lowest BCUT2D eigenvalue weighted by atomic mass is 10.1. The SMILES string of the molecule is COc1cc(S(=O)c2ccc3[nH]ccc3c2)cc2c3c(n(C)c12)C1=CNC3C1. The summed E-state index contributed by atoms with van der Waals surface area (Å²) in [5.41, 5.74) is 6.02. The number of fused-ring (bicyclic) bond motifs is 8. The van der Waals surface area contributed by atoms with E-state index in [0.29, 0.717) is 6.04 Å². The van der Waals surface area contributed by atoms with Gasteiger partial charge in [-0.1, -0.05) is 0 Å². The third-order valence-corrected chi connectivity index (χ3v) is 7.32. The van der Waals surface area contributed by atoms with Crippen LogP contribution in [0.3, 0.4) is 0 Å². The van der Waals surface area contributed by atoms with Crippen LogP contribution in [0.2, 0.25) is 0 Å². The van der Waals surface area contributed by atoms with Gasteiger partial charge in [-0.2, -0.15) is 0 Å². The number of H-pyrrole nitrogens is 1. The first kappa shape index (κ1) is 16.0. The van der Waals surface area contributed by atoms with Crippen LogP contribution in [0.25, 0.3) is 27.4 Å². The number of rotatable bonds is 3. The van der Waals surface area contributed by atoms with Crippen LogP contribution >= 0.6 is 0 Å². The van der Waals surface area contributed by atoms with E-state index >= 15 is 0 Å². The van der Waals surface area contributed by atoms with Crippen molar-refractivity contribution in [1.82, 2.24) is 14.9 Å². The number of nitrogens with zero attached hydrogens (tertiary/aromatic N) is 1. The monoisotopic (exact) mass is 389 g/mol. The van der Waals surface area contributed by atoms with Gasteiger partial charge in [-0.15, -0.1) is 0 Å². The van der Waals surface area contributed by atoms with Crippen LogP contribution in [0.15, 0.2) is 58.6 Å². The number of ether oxygens (including phenoxy) is 1. The van der Waals surface area contributed by atoms with Crippen molar-refractivity contribution in [2.75, 3.05) is 7.11 Å². The predicted octanol–water partition coefficient (Wildman–Crippen LogP) is 4.22. The number of benzene rings is 2. The smallest absolute Gasteiger partial charge is 0.144 e. The average molecular weight is 389 g/mol. The number of hydrogen-bond donors (Lipinski definition) is 2. The van der Waals surface area contributed by atoms with Gasteiger partial charge in [0, 0.05) is 57.5 Å². The number of nitrogens with one attached hydrogen (secondary N) is 2. The molecule has 4 aromatic rings. The van der Waals surface area contributed by atoms with Gasteiger partial charge in [0.05, 0.1) is 35.2 Å². The molecule has 6 rings (SSSR count). The van der Waals surface area contributed by atoms with Crippen LogP contribution in [0.1, 0.15) is 23.7 Å². The van der Waals surface area contributed by atoms with Gasteiger partial charge in [-0.3, -0.25) is 0 Å². The molecule has 2 unspecified atom stereocenters. The maximum absolute atomic E-state index is 13.4. The molecule has 2 N–H and O–H groups in total. The van der Waals surface area contributed by atoms with Gasteiger partial charge in [-0.25, -0.2) is 4.21 Å². The topological polar surface area (TPSA) is 59.1 Å². The van der Waals surface area contributed by atoms with Crippen molar-refractivity contribution in [3.8, 4) is 5.75 Å². The minimum Gasteiger partial charge on any atom is -0.495 e. The molecular weight excluding hydrogens is 370 g/mol. The molecule has 2 aromatic carbocycles. The van der Waals surface area contributed by atoms with Gasteiger partial charge in [0.25, 0.3) is 0 Å². The molecule has 0 amide bonds. The fourth-order valence-corrected chi connectivity index (χ4v) is 5.87. The Balaban J connectivity index is 1.57. The third kappa shape index (κ3) is 1.98. The molecule has 0 saturated carbocycles. The molecule has 0 radical (unpaired) electrons. The summed E-state index contributed by atoms with van der Waals surface area (Å²) in [6.45, 7) is 0. The number of hydrogen-bond acceptors (Lipinski definition) is 3. The molecule has 2 bridgehead atoms. The summed E-state index contributed by atoms with van der Waals surface area (Å²) in [5, 5.41) is 5.65. The second kappa shape index (κ2) is 5.52. The largest absolute Gasteiger partial charge is 0.495 e. The van der Waals surface area contributed by atoms with Crippen molar-refractivity contribution in [2.24, 2.45) is 7.05 Å². The fourth-order valence-electron chi connectivity index (χ4n) is 4.73. The Morgan fingerprint density at radius 2 is 2.07 bits per heavy atom. The fraction of sp³-hybridized carbons (Fsp3) is 0.182. The molecule has 1 aliphatic carbocycles. The van der Waals surface area contributed by atoms with E-state index in [9.17, 15) is 4.21 Å². The number of aromatic amines is 1. The molecule has 3 heterocycles. The number of aromatic nitrogens is 2. The van der Waals surface area contributed by atoms with E-state index in [1.54, 1.807) is 7.11 Å². The van der Waals surface area contributed by atoms with E-state index < -0.39 is 10.8 Å². The van der Waals surface area contributed by atoms with Crippen LogP contribution in [0.5, 0.6) is 5.75 Å². The highest BCUT2D eigenvalue weighted by molar-refractivity contribution is 7.85. The minimum atomic E-state index is -1.28. The highest BCUT2D eigenvalue weighted by Gasteiger charge is 2.36. The summed E-state index contributed by atoms with van der Waals surface area (Å²) in [7, 11) is 2.48. The van der Waals surface area contributed by atoms with Crippen LogP contribution in [-0.4, -0.2) is 20.9 Å². The first-order valence-corrected chi connectivity index (χ1v) is 10.5. The Morgan fingerprint density at radius 1 is 1.18 bits per heavy atom. The summed E-state index contributed by atoms with van der Waals surface area (Å²) in [5.74, 6) is 0.764. The third-order valence-electron chi connectivity index (χ3n) is 5.97. The molecule has 140 valence electrons. The first-order valence-electron chi connectivity index (χ1n) is 9.30. The summed E-state index contributed by atoms with van der Waals surface area (Å²) in [4.78, 5) is 4.74. The molecule has 2 aromatic heterocycles. The standard InChI is InChI=1S/C22H19N3O2S/c1-25-21-13-8-18(24-11-13)20(21)16-9-15(10-19(27-2)22(16)25)28(26)14-3-4-17-12(7-14)5-6-23-17/h3-7,9-11,18,23-24H,8H2,1-2H3. The van der Waals surface area contributed by atoms with Crippen LogP contribution in [0, 0.1) is 0 Å². The zero-order valence-corrected chi connectivity index (χ0v) is 16.4. The average Bonchev–Trinajstić information content (AvgIpc) is 3.49. The first-order chi connectivity index (χ1) is 13.7. The molecule has 5 nitrogen and oxygen atoms in total. The van der Waals surface area contributed by atoms with E-state index in [0.717, 1.165) is 43.8 Å². The maximum Gasteiger partial charge on any atom is 0.144 e. The summed E-state index contributed by atoms with van der Waals surface area (Å²) < 4.78 is 21.3. The Morgan fingerprint density at radius 3 is 2.93 bits per heavy atom. The van der Waals surface area contributed by atoms with E-state index in [1.807, 2.05) is 36.5 Å². The van der Waals surface area contributed by atoms with E-state index in [1.165, 1.54) is 16.8 Å². The Labute approximate surface area is 164 Å². The van der Waals surface area contributed by atoms with E-state index in [4.69, 9.17) is 4.74 Å². The molecule has 28 heavy (non-hydrogen) atoms. The van der Waals surface area contributed by atoms with Crippen molar-refractivity contribution >= 4 is 38.2 Å². The van der Waals surface area contributed by atoms with Crippen LogP contribution < -0.4 is 10.1 Å². The van der Waals surface area contributed by atoms with Crippen molar-refractivity contribution in [1.29, 1.82) is 0 Å². The summed E-state index contributed by atoms with van der Waals surface area (Å²) >= 11 is 0. The van der Waals surface area contributed by atoms with Gasteiger partial charge in [0.15, 0.2) is 0 Å². The Hall–Kier alpha value is -2.99. The normalized spacial score (nSPS) is 18.4. The second-order valence-electron chi connectivity index (χ2n) is 7.43. The molecule has 2 aliphatic rings. The lowest BCUT2D eigenvalue weighted by molar-refractivity contribution is 0.416. The Bertz CT molecular complexity index is 1350. The van der Waals surface area contributed by atoms with Gasteiger partial charge in [-0.05, 0) is 42.0 Å². The summed E-state index contributed by atoms with van der Waals surface area (Å²) in [6, 6.07) is 12.2. The zero-order valence-electron chi connectivity index (χ0n) is 15.6. The predicted molar refractivity (Wildman–Crippen MR) is 111 cm³/mol. The molecular formula is C22H19N3O2S. The van der Waals surface area contributed by atoms with Gasteiger partial charge in [0.2, 0.25) is 0 Å². The molecule has 2 atom stereocenters. The molecule has 0 fully saturated rings. The molecule has 0 spiro atoms. The maximum atomic E-state index is 13.4. The van der Waals surface area contributed by atoms with E-state index in [2.05, 4.69) is 34.2 Å². The number of aryl methyl sites for hydroxylation is 1. The molecule has 6 heteroatoms. The van der Waals surface area contributed by atoms with Gasteiger partial charge < -0.3 is 19.6 Å². The van der Waals surface area contributed by atoms with Crippen LogP contribution in [0.4, 0.5) is 0 Å². The highest BCUT2D eigenvalue weighted by Crippen LogP contribution is 2.50. The van der Waals surface area contributed by atoms with Crippen LogP contribution in [-0.2, 0) is 17.8 Å². The molecule has 1 aliphatic heterocycles. The van der Waals surface area contributed by atoms with Gasteiger partial charge in [0.1, 0.15) is 5.75 Å².